The summed E-state index contributed by atoms with van der Waals surface area (Å²) in [5.41, 5.74) is 0.615. The Bertz CT molecular complexity index is 981. The number of aliphatic hydroxyl groups is 1. The van der Waals surface area contributed by atoms with Crippen LogP contribution in [0.25, 0.3) is 0 Å². The summed E-state index contributed by atoms with van der Waals surface area (Å²) >= 11 is 0. The van der Waals surface area contributed by atoms with Crippen molar-refractivity contribution in [2.75, 3.05) is 31.7 Å². The fourth-order valence-corrected chi connectivity index (χ4v) is 4.76. The second-order valence-electron chi connectivity index (χ2n) is 6.62. The molecule has 0 radical (unpaired) electrons. The second kappa shape index (κ2) is 7.64. The van der Waals surface area contributed by atoms with Crippen molar-refractivity contribution in [3.05, 3.63) is 47.8 Å². The number of hydrogen-bond acceptors (Lipinski definition) is 7. The molecule has 1 aromatic carbocycles. The Kier molecular flexibility index (Phi) is 5.21. The third kappa shape index (κ3) is 3.56. The lowest BCUT2D eigenvalue weighted by atomic mass is 10.1. The van der Waals surface area contributed by atoms with Crippen molar-refractivity contribution in [3.63, 3.8) is 0 Å². The fraction of sp³-hybridized carbons (Fsp3) is 0.389. The summed E-state index contributed by atoms with van der Waals surface area (Å²) in [5.74, 6) is -0.527. The summed E-state index contributed by atoms with van der Waals surface area (Å²) in [7, 11) is -3.90. The largest absolute Gasteiger partial charge is 0.376 e. The number of rotatable bonds is 5. The van der Waals surface area contributed by atoms with E-state index in [0.717, 1.165) is 3.97 Å². The molecule has 0 saturated carbocycles. The van der Waals surface area contributed by atoms with E-state index in [1.165, 1.54) is 36.5 Å². The number of nitrogens with zero attached hydrogens (tertiary/aromatic N) is 1. The molecule has 1 aromatic heterocycles. The van der Waals surface area contributed by atoms with Crippen molar-refractivity contribution in [2.24, 2.45) is 0 Å². The zero-order valence-corrected chi connectivity index (χ0v) is 15.8. The highest BCUT2D eigenvalue weighted by Crippen LogP contribution is 2.30. The number of benzene rings is 1. The van der Waals surface area contributed by atoms with Gasteiger partial charge in [0.15, 0.2) is 0 Å². The first-order chi connectivity index (χ1) is 13.5. The van der Waals surface area contributed by atoms with Crippen molar-refractivity contribution < 1.29 is 27.8 Å². The highest BCUT2D eigenvalue weighted by atomic mass is 32.2. The molecule has 3 N–H and O–H groups in total. The summed E-state index contributed by atoms with van der Waals surface area (Å²) in [5, 5.41) is 16.0. The van der Waals surface area contributed by atoms with Gasteiger partial charge < -0.3 is 19.9 Å². The number of anilines is 1. The third-order valence-corrected chi connectivity index (χ3v) is 6.49. The first-order valence-corrected chi connectivity index (χ1v) is 10.4. The van der Waals surface area contributed by atoms with Crippen molar-refractivity contribution >= 4 is 21.6 Å². The minimum atomic E-state index is -3.90. The van der Waals surface area contributed by atoms with Gasteiger partial charge >= 0.3 is 0 Å². The van der Waals surface area contributed by atoms with Crippen LogP contribution in [0.15, 0.2) is 41.4 Å². The van der Waals surface area contributed by atoms with Gasteiger partial charge in [0, 0.05) is 12.7 Å². The Morgan fingerprint density at radius 1 is 1.32 bits per heavy atom. The minimum absolute atomic E-state index is 0.0142. The first-order valence-electron chi connectivity index (χ1n) is 8.96. The van der Waals surface area contributed by atoms with E-state index in [-0.39, 0.29) is 22.4 Å². The van der Waals surface area contributed by atoms with Gasteiger partial charge in [0.1, 0.15) is 16.8 Å². The van der Waals surface area contributed by atoms with Crippen molar-refractivity contribution in [3.8, 4) is 0 Å². The summed E-state index contributed by atoms with van der Waals surface area (Å²) in [6.45, 7) is 2.18. The van der Waals surface area contributed by atoms with Gasteiger partial charge in [-0.2, -0.15) is 0 Å². The average molecular weight is 407 g/mol. The van der Waals surface area contributed by atoms with Crippen LogP contribution in [0.4, 0.5) is 5.69 Å². The summed E-state index contributed by atoms with van der Waals surface area (Å²) in [4.78, 5) is 12.3. The van der Waals surface area contributed by atoms with Gasteiger partial charge in [-0.1, -0.05) is 6.07 Å². The van der Waals surface area contributed by atoms with Crippen LogP contribution >= 0.6 is 0 Å². The molecule has 2 aliphatic rings. The van der Waals surface area contributed by atoms with Gasteiger partial charge in [-0.05, 0) is 36.2 Å². The summed E-state index contributed by atoms with van der Waals surface area (Å²) in [6.07, 6.45) is 0.972. The van der Waals surface area contributed by atoms with Crippen LogP contribution in [-0.2, 0) is 19.5 Å². The van der Waals surface area contributed by atoms with Crippen LogP contribution in [0.5, 0.6) is 0 Å². The van der Waals surface area contributed by atoms with Gasteiger partial charge in [-0.15, -0.1) is 0 Å². The molecule has 1 unspecified atom stereocenters. The van der Waals surface area contributed by atoms with E-state index in [4.69, 9.17) is 9.47 Å². The number of carbonyl (C=O) groups is 1. The number of hydrogen-bond donors (Lipinski definition) is 3. The standard InChI is InChI=1S/C18H21N3O6S/c22-17(19-6-5-13-11-26-8-9-27-13)12-3-4-16-14(10-12)20-18(23)15-2-1-7-21(15)28(16,24)25/h1-4,7,10,13,17,19,22H,5-6,8-9,11H2,(H,20,23)/t13-,17?/m0/s1. The summed E-state index contributed by atoms with van der Waals surface area (Å²) in [6, 6.07) is 7.32. The highest BCUT2D eigenvalue weighted by Gasteiger charge is 2.30. The van der Waals surface area contributed by atoms with E-state index in [1.807, 2.05) is 0 Å². The number of carbonyl (C=O) groups excluding carboxylic acids is 1. The number of nitrogens with one attached hydrogen (secondary N) is 2. The Morgan fingerprint density at radius 3 is 2.96 bits per heavy atom. The SMILES string of the molecule is O=C1Nc2cc(C(O)NCC[C@H]3COCCO3)ccc2S(=O)(=O)n2cccc21. The smallest absolute Gasteiger partial charge is 0.273 e. The molecule has 2 aromatic rings. The lowest BCUT2D eigenvalue weighted by Crippen LogP contribution is -2.32. The van der Waals surface area contributed by atoms with Crippen molar-refractivity contribution in [1.29, 1.82) is 0 Å². The Labute approximate surface area is 162 Å². The molecule has 0 bridgehead atoms. The van der Waals surface area contributed by atoms with Gasteiger partial charge in [-0.3, -0.25) is 10.1 Å². The molecule has 3 heterocycles. The molecule has 4 rings (SSSR count). The lowest BCUT2D eigenvalue weighted by molar-refractivity contribution is -0.0909. The number of fused-ring (bicyclic) bond motifs is 2. The zero-order valence-electron chi connectivity index (χ0n) is 15.0. The van der Waals surface area contributed by atoms with Crippen LogP contribution in [0, 0.1) is 0 Å². The maximum atomic E-state index is 12.8. The van der Waals surface area contributed by atoms with E-state index in [1.54, 1.807) is 0 Å². The molecule has 1 amide bonds. The molecule has 0 aliphatic carbocycles. The summed E-state index contributed by atoms with van der Waals surface area (Å²) < 4.78 is 37.5. The molecule has 28 heavy (non-hydrogen) atoms. The highest BCUT2D eigenvalue weighted by molar-refractivity contribution is 7.90. The maximum Gasteiger partial charge on any atom is 0.273 e. The van der Waals surface area contributed by atoms with E-state index in [9.17, 15) is 18.3 Å². The topological polar surface area (TPSA) is 119 Å². The van der Waals surface area contributed by atoms with Crippen molar-refractivity contribution in [1.82, 2.24) is 9.29 Å². The third-order valence-electron chi connectivity index (χ3n) is 4.74. The Balaban J connectivity index is 1.50. The average Bonchev–Trinajstić information content (AvgIpc) is 3.17. The minimum Gasteiger partial charge on any atom is -0.376 e. The van der Waals surface area contributed by atoms with E-state index >= 15 is 0 Å². The fourth-order valence-electron chi connectivity index (χ4n) is 3.29. The van der Waals surface area contributed by atoms with Crippen LogP contribution in [-0.4, -0.2) is 55.9 Å². The quantitative estimate of drug-likeness (QED) is 0.624. The molecule has 2 atom stereocenters. The molecular weight excluding hydrogens is 386 g/mol. The number of aromatic nitrogens is 1. The predicted molar refractivity (Wildman–Crippen MR) is 99.5 cm³/mol. The van der Waals surface area contributed by atoms with E-state index in [2.05, 4.69) is 10.6 Å². The number of aliphatic hydroxyl groups excluding tert-OH is 1. The van der Waals surface area contributed by atoms with Gasteiger partial charge in [0.2, 0.25) is 0 Å². The van der Waals surface area contributed by atoms with Gasteiger partial charge in [-0.25, -0.2) is 12.4 Å². The maximum absolute atomic E-state index is 12.8. The molecule has 1 saturated heterocycles. The van der Waals surface area contributed by atoms with E-state index < -0.39 is 22.2 Å². The lowest BCUT2D eigenvalue weighted by Gasteiger charge is -2.23. The van der Waals surface area contributed by atoms with Crippen LogP contribution < -0.4 is 10.6 Å². The number of amides is 1. The van der Waals surface area contributed by atoms with Crippen molar-refractivity contribution in [2.45, 2.75) is 23.6 Å². The molecule has 9 nitrogen and oxygen atoms in total. The molecular formula is C18H21N3O6S. The van der Waals surface area contributed by atoms with Gasteiger partial charge in [0.05, 0.1) is 31.6 Å². The zero-order chi connectivity index (χ0) is 19.7. The van der Waals surface area contributed by atoms with Crippen LogP contribution in [0.1, 0.15) is 28.7 Å². The molecule has 0 spiro atoms. The first kappa shape index (κ1) is 19.1. The Hall–Kier alpha value is -2.24. The molecule has 1 fully saturated rings. The van der Waals surface area contributed by atoms with E-state index in [0.29, 0.717) is 38.3 Å². The second-order valence-corrected chi connectivity index (χ2v) is 8.40. The van der Waals surface area contributed by atoms with Gasteiger partial charge in [0.25, 0.3) is 15.9 Å². The monoisotopic (exact) mass is 407 g/mol. The van der Waals surface area contributed by atoms with Crippen LogP contribution in [0.3, 0.4) is 0 Å². The predicted octanol–water partition coefficient (Wildman–Crippen LogP) is 0.677. The molecule has 2 aliphatic heterocycles. The molecule has 10 heteroatoms. The Morgan fingerprint density at radius 2 is 2.18 bits per heavy atom. The normalized spacial score (nSPS) is 21.9. The molecule has 150 valence electrons. The number of ether oxygens (including phenoxy) is 2. The van der Waals surface area contributed by atoms with Crippen LogP contribution in [0.2, 0.25) is 0 Å².